The second-order valence-electron chi connectivity index (χ2n) is 3.73. The Hall–Kier alpha value is -1.72. The summed E-state index contributed by atoms with van der Waals surface area (Å²) >= 11 is 11.8. The molecule has 1 aromatic carbocycles. The zero-order chi connectivity index (χ0) is 14.5. The predicted octanol–water partition coefficient (Wildman–Crippen LogP) is 3.68. The highest BCUT2D eigenvalue weighted by Crippen LogP contribution is 2.33. The normalized spacial score (nSPS) is 10.2. The summed E-state index contributed by atoms with van der Waals surface area (Å²) in [6.45, 7) is 0. The van der Waals surface area contributed by atoms with Gasteiger partial charge in [0.25, 0.3) is 0 Å². The second-order valence-corrected chi connectivity index (χ2v) is 4.36. The summed E-state index contributed by atoms with van der Waals surface area (Å²) in [4.78, 5) is 7.89. The number of hydrogen-bond donors (Lipinski definition) is 0. The molecule has 7 heteroatoms. The Labute approximate surface area is 126 Å². The number of methoxy groups -OCH3 is 2. The monoisotopic (exact) mass is 314 g/mol. The summed E-state index contributed by atoms with van der Waals surface area (Å²) in [5.41, 5.74) is 0.526. The molecule has 0 N–H and O–H groups in total. The molecule has 0 radical (unpaired) electrons. The molecule has 0 aliphatic heterocycles. The predicted molar refractivity (Wildman–Crippen MR) is 76.2 cm³/mol. The van der Waals surface area contributed by atoms with Crippen LogP contribution >= 0.6 is 23.2 Å². The Balaban J connectivity index is 2.37. The van der Waals surface area contributed by atoms with Gasteiger partial charge in [-0.2, -0.15) is 0 Å². The molecule has 0 aliphatic carbocycles. The van der Waals surface area contributed by atoms with Crippen LogP contribution in [0.3, 0.4) is 0 Å². The van der Waals surface area contributed by atoms with Gasteiger partial charge in [0, 0.05) is 18.2 Å². The van der Waals surface area contributed by atoms with Crippen molar-refractivity contribution in [3.63, 3.8) is 0 Å². The second kappa shape index (κ2) is 6.63. The van der Waals surface area contributed by atoms with Crippen LogP contribution in [0.15, 0.2) is 24.5 Å². The number of hydrogen-bond acceptors (Lipinski definition) is 5. The van der Waals surface area contributed by atoms with Crippen LogP contribution in [0.4, 0.5) is 0 Å². The molecular weight excluding hydrogens is 303 g/mol. The lowest BCUT2D eigenvalue weighted by atomic mass is 10.3. The van der Waals surface area contributed by atoms with Crippen molar-refractivity contribution in [2.24, 2.45) is 0 Å². The molecule has 2 aromatic rings. The fourth-order valence-corrected chi connectivity index (χ4v) is 2.03. The van der Waals surface area contributed by atoms with Gasteiger partial charge in [0.15, 0.2) is 0 Å². The SMILES string of the molecule is COc1cc(OC)cc(Oc2ncnc(Cl)c2CCl)c1. The van der Waals surface area contributed by atoms with Crippen molar-refractivity contribution >= 4 is 23.2 Å². The first-order valence-corrected chi connectivity index (χ1v) is 6.55. The molecule has 0 aliphatic rings. The highest BCUT2D eigenvalue weighted by Gasteiger charge is 2.12. The highest BCUT2D eigenvalue weighted by molar-refractivity contribution is 6.31. The maximum absolute atomic E-state index is 5.95. The van der Waals surface area contributed by atoms with Crippen molar-refractivity contribution in [2.45, 2.75) is 5.88 Å². The quantitative estimate of drug-likeness (QED) is 0.622. The van der Waals surface area contributed by atoms with E-state index >= 15 is 0 Å². The molecule has 0 amide bonds. The van der Waals surface area contributed by atoms with E-state index in [1.807, 2.05) is 0 Å². The van der Waals surface area contributed by atoms with Crippen molar-refractivity contribution in [1.29, 1.82) is 0 Å². The zero-order valence-corrected chi connectivity index (χ0v) is 12.4. The first-order chi connectivity index (χ1) is 9.67. The van der Waals surface area contributed by atoms with Crippen LogP contribution in [-0.4, -0.2) is 24.2 Å². The average molecular weight is 315 g/mol. The Morgan fingerprint density at radius 2 is 1.60 bits per heavy atom. The molecule has 1 aromatic heterocycles. The molecule has 2 rings (SSSR count). The molecule has 0 unspecified atom stereocenters. The lowest BCUT2D eigenvalue weighted by Crippen LogP contribution is -1.97. The molecule has 0 atom stereocenters. The Kier molecular flexibility index (Phi) is 4.87. The van der Waals surface area contributed by atoms with Gasteiger partial charge in [-0.25, -0.2) is 9.97 Å². The third-order valence-electron chi connectivity index (χ3n) is 2.53. The van der Waals surface area contributed by atoms with Crippen LogP contribution in [-0.2, 0) is 5.88 Å². The first-order valence-electron chi connectivity index (χ1n) is 5.64. The summed E-state index contributed by atoms with van der Waals surface area (Å²) < 4.78 is 16.0. The van der Waals surface area contributed by atoms with Crippen LogP contribution < -0.4 is 14.2 Å². The Morgan fingerprint density at radius 3 is 2.15 bits per heavy atom. The topological polar surface area (TPSA) is 53.5 Å². The standard InChI is InChI=1S/C13H12Cl2N2O3/c1-18-8-3-9(19-2)5-10(4-8)20-13-11(6-14)12(15)16-7-17-13/h3-5,7H,6H2,1-2H3. The Bertz CT molecular complexity index is 586. The highest BCUT2D eigenvalue weighted by atomic mass is 35.5. The minimum atomic E-state index is 0.149. The molecule has 0 saturated heterocycles. The van der Waals surface area contributed by atoms with Crippen molar-refractivity contribution in [3.05, 3.63) is 35.2 Å². The van der Waals surface area contributed by atoms with E-state index in [2.05, 4.69) is 9.97 Å². The Morgan fingerprint density at radius 1 is 1.00 bits per heavy atom. The van der Waals surface area contributed by atoms with E-state index in [0.29, 0.717) is 28.7 Å². The third kappa shape index (κ3) is 3.23. The smallest absolute Gasteiger partial charge is 0.228 e. The molecule has 0 bridgehead atoms. The van der Waals surface area contributed by atoms with Gasteiger partial charge in [-0.05, 0) is 0 Å². The summed E-state index contributed by atoms with van der Waals surface area (Å²) in [5.74, 6) is 2.16. The van der Waals surface area contributed by atoms with E-state index in [9.17, 15) is 0 Å². The van der Waals surface area contributed by atoms with E-state index in [0.717, 1.165) is 0 Å². The molecule has 0 saturated carbocycles. The van der Waals surface area contributed by atoms with E-state index in [1.54, 1.807) is 32.4 Å². The largest absolute Gasteiger partial charge is 0.496 e. The van der Waals surface area contributed by atoms with E-state index in [-0.39, 0.29) is 11.0 Å². The minimum Gasteiger partial charge on any atom is -0.496 e. The number of benzene rings is 1. The van der Waals surface area contributed by atoms with Gasteiger partial charge in [-0.15, -0.1) is 11.6 Å². The van der Waals surface area contributed by atoms with Crippen molar-refractivity contribution in [3.8, 4) is 23.1 Å². The number of ether oxygens (including phenoxy) is 3. The summed E-state index contributed by atoms with van der Waals surface area (Å²) in [7, 11) is 3.12. The number of nitrogens with zero attached hydrogens (tertiary/aromatic N) is 2. The molecule has 0 fully saturated rings. The molecule has 1 heterocycles. The van der Waals surface area contributed by atoms with Crippen LogP contribution in [0.1, 0.15) is 5.56 Å². The molecule has 106 valence electrons. The number of alkyl halides is 1. The van der Waals surface area contributed by atoms with Crippen LogP contribution in [0.5, 0.6) is 23.1 Å². The molecule has 20 heavy (non-hydrogen) atoms. The average Bonchev–Trinajstić information content (AvgIpc) is 2.47. The first kappa shape index (κ1) is 14.7. The van der Waals surface area contributed by atoms with Crippen LogP contribution in [0, 0.1) is 0 Å². The summed E-state index contributed by atoms with van der Waals surface area (Å²) in [6, 6.07) is 5.15. The lowest BCUT2D eigenvalue weighted by molar-refractivity contribution is 0.384. The number of halogens is 2. The number of aromatic nitrogens is 2. The van der Waals surface area contributed by atoms with Crippen molar-refractivity contribution < 1.29 is 14.2 Å². The molecular formula is C13H12Cl2N2O3. The van der Waals surface area contributed by atoms with Crippen LogP contribution in [0.25, 0.3) is 0 Å². The van der Waals surface area contributed by atoms with Crippen LogP contribution in [0.2, 0.25) is 5.15 Å². The number of rotatable bonds is 5. The van der Waals surface area contributed by atoms with Gasteiger partial charge in [-0.3, -0.25) is 0 Å². The molecule has 0 spiro atoms. The van der Waals surface area contributed by atoms with E-state index in [4.69, 9.17) is 37.4 Å². The van der Waals surface area contributed by atoms with Crippen molar-refractivity contribution in [1.82, 2.24) is 9.97 Å². The maximum Gasteiger partial charge on any atom is 0.228 e. The van der Waals surface area contributed by atoms with Gasteiger partial charge in [-0.1, -0.05) is 11.6 Å². The van der Waals surface area contributed by atoms with Gasteiger partial charge in [0.2, 0.25) is 5.88 Å². The zero-order valence-electron chi connectivity index (χ0n) is 10.9. The molecule has 5 nitrogen and oxygen atoms in total. The van der Waals surface area contributed by atoms with Gasteiger partial charge >= 0.3 is 0 Å². The minimum absolute atomic E-state index is 0.149. The van der Waals surface area contributed by atoms with Crippen molar-refractivity contribution in [2.75, 3.05) is 14.2 Å². The van der Waals surface area contributed by atoms with E-state index < -0.39 is 0 Å². The van der Waals surface area contributed by atoms with Gasteiger partial charge < -0.3 is 14.2 Å². The van der Waals surface area contributed by atoms with Gasteiger partial charge in [0.05, 0.1) is 25.7 Å². The summed E-state index contributed by atoms with van der Waals surface area (Å²) in [6.07, 6.45) is 1.31. The van der Waals surface area contributed by atoms with E-state index in [1.165, 1.54) is 6.33 Å². The fraction of sp³-hybridized carbons (Fsp3) is 0.231. The maximum atomic E-state index is 5.95. The summed E-state index contributed by atoms with van der Waals surface area (Å²) in [5, 5.41) is 0.264. The van der Waals surface area contributed by atoms with Gasteiger partial charge in [0.1, 0.15) is 28.7 Å². The third-order valence-corrected chi connectivity index (χ3v) is 3.12. The fourth-order valence-electron chi connectivity index (χ4n) is 1.53. The lowest BCUT2D eigenvalue weighted by Gasteiger charge is -2.11.